The van der Waals surface area contributed by atoms with Gasteiger partial charge in [0, 0.05) is 32.7 Å². The summed E-state index contributed by atoms with van der Waals surface area (Å²) in [5.74, 6) is 3.14. The molecule has 1 heterocycles. The van der Waals surface area contributed by atoms with Crippen molar-refractivity contribution in [2.75, 3.05) is 46.3 Å². The summed E-state index contributed by atoms with van der Waals surface area (Å²) in [5, 5.41) is 3.29. The van der Waals surface area contributed by atoms with Gasteiger partial charge in [-0.05, 0) is 44.1 Å². The maximum absolute atomic E-state index is 12.2. The molecule has 0 aromatic heterocycles. The van der Waals surface area contributed by atoms with E-state index >= 15 is 0 Å². The topological polar surface area (TPSA) is 35.6 Å². The number of carbonyl (C=O) groups is 1. The molecule has 1 saturated heterocycles. The van der Waals surface area contributed by atoms with Crippen molar-refractivity contribution in [3.05, 3.63) is 0 Å². The van der Waals surface area contributed by atoms with Crippen LogP contribution >= 0.6 is 0 Å². The molecule has 1 amide bonds. The maximum Gasteiger partial charge on any atom is 0.236 e. The second kappa shape index (κ2) is 5.80. The Kier molecular flexibility index (Phi) is 4.08. The maximum atomic E-state index is 12.2. The van der Waals surface area contributed by atoms with Gasteiger partial charge in [-0.2, -0.15) is 0 Å². The molecule has 3 rings (SSSR count). The molecule has 3 fully saturated rings. The number of piperazine rings is 1. The van der Waals surface area contributed by atoms with Gasteiger partial charge in [0.05, 0.1) is 6.54 Å². The van der Waals surface area contributed by atoms with Crippen LogP contribution in [-0.4, -0.2) is 62.0 Å². The molecule has 0 spiro atoms. The highest BCUT2D eigenvalue weighted by atomic mass is 16.2. The molecule has 108 valence electrons. The van der Waals surface area contributed by atoms with Crippen molar-refractivity contribution in [1.82, 2.24) is 15.1 Å². The Bertz CT molecular complexity index is 327. The lowest BCUT2D eigenvalue weighted by molar-refractivity contribution is -0.132. The van der Waals surface area contributed by atoms with E-state index in [4.69, 9.17) is 0 Å². The molecule has 2 saturated carbocycles. The molecular weight excluding hydrogens is 238 g/mol. The first-order valence-electron chi connectivity index (χ1n) is 7.89. The van der Waals surface area contributed by atoms with Crippen molar-refractivity contribution in [3.8, 4) is 0 Å². The lowest BCUT2D eigenvalue weighted by atomic mass is 9.88. The molecule has 3 aliphatic rings. The average molecular weight is 265 g/mol. The molecule has 0 aromatic rings. The van der Waals surface area contributed by atoms with E-state index < -0.39 is 0 Å². The summed E-state index contributed by atoms with van der Waals surface area (Å²) in [6.45, 7) is 5.37. The Labute approximate surface area is 116 Å². The molecular formula is C15H27N3O. The molecule has 0 radical (unpaired) electrons. The first kappa shape index (κ1) is 13.4. The molecule has 4 heteroatoms. The molecule has 0 aromatic carbocycles. The monoisotopic (exact) mass is 265 g/mol. The second-order valence-electron chi connectivity index (χ2n) is 6.76. The Morgan fingerprint density at radius 2 is 2.05 bits per heavy atom. The molecule has 3 unspecified atom stereocenters. The standard InChI is InChI=1S/C15H27N3O/c1-17(10-14-9-12-2-3-13(14)8-12)11-15(19)18-6-4-16-5-7-18/h12-14,16H,2-11H2,1H3. The second-order valence-corrected chi connectivity index (χ2v) is 6.76. The van der Waals surface area contributed by atoms with Crippen LogP contribution in [0, 0.1) is 17.8 Å². The number of nitrogens with one attached hydrogen (secondary N) is 1. The number of hydrogen-bond acceptors (Lipinski definition) is 3. The highest BCUT2D eigenvalue weighted by Crippen LogP contribution is 2.48. The minimum Gasteiger partial charge on any atom is -0.339 e. The van der Waals surface area contributed by atoms with E-state index in [2.05, 4.69) is 17.3 Å². The number of fused-ring (bicyclic) bond motifs is 2. The summed E-state index contributed by atoms with van der Waals surface area (Å²) in [6.07, 6.45) is 5.78. The van der Waals surface area contributed by atoms with Crippen molar-refractivity contribution in [2.45, 2.75) is 25.7 Å². The lowest BCUT2D eigenvalue weighted by Crippen LogP contribution is -2.49. The Morgan fingerprint density at radius 3 is 2.68 bits per heavy atom. The van der Waals surface area contributed by atoms with Crippen LogP contribution in [0.25, 0.3) is 0 Å². The van der Waals surface area contributed by atoms with E-state index in [0.717, 1.165) is 50.5 Å². The third-order valence-electron chi connectivity index (χ3n) is 5.31. The quantitative estimate of drug-likeness (QED) is 0.816. The smallest absolute Gasteiger partial charge is 0.236 e. The van der Waals surface area contributed by atoms with E-state index in [1.165, 1.54) is 25.7 Å². The van der Waals surface area contributed by atoms with E-state index in [9.17, 15) is 4.79 Å². The van der Waals surface area contributed by atoms with E-state index in [-0.39, 0.29) is 0 Å². The van der Waals surface area contributed by atoms with Crippen LogP contribution in [0.2, 0.25) is 0 Å². The van der Waals surface area contributed by atoms with Crippen LogP contribution < -0.4 is 5.32 Å². The molecule has 3 atom stereocenters. The highest BCUT2D eigenvalue weighted by Gasteiger charge is 2.39. The van der Waals surface area contributed by atoms with Gasteiger partial charge in [-0.15, -0.1) is 0 Å². The molecule has 2 bridgehead atoms. The molecule has 1 N–H and O–H groups in total. The summed E-state index contributed by atoms with van der Waals surface area (Å²) >= 11 is 0. The van der Waals surface area contributed by atoms with Crippen LogP contribution in [-0.2, 0) is 4.79 Å². The number of rotatable bonds is 4. The number of likely N-dealkylation sites (N-methyl/N-ethyl adjacent to an activating group) is 1. The van der Waals surface area contributed by atoms with Crippen LogP contribution in [0.3, 0.4) is 0 Å². The highest BCUT2D eigenvalue weighted by molar-refractivity contribution is 5.78. The van der Waals surface area contributed by atoms with Crippen molar-refractivity contribution in [3.63, 3.8) is 0 Å². The predicted molar refractivity (Wildman–Crippen MR) is 75.9 cm³/mol. The van der Waals surface area contributed by atoms with E-state index in [1.807, 2.05) is 4.90 Å². The third kappa shape index (κ3) is 3.11. The molecule has 1 aliphatic heterocycles. The summed E-state index contributed by atoms with van der Waals surface area (Å²) in [6, 6.07) is 0. The normalized spacial score (nSPS) is 34.2. The van der Waals surface area contributed by atoms with Gasteiger partial charge < -0.3 is 10.2 Å². The van der Waals surface area contributed by atoms with Crippen molar-refractivity contribution in [2.24, 2.45) is 17.8 Å². The predicted octanol–water partition coefficient (Wildman–Crippen LogP) is 0.786. The van der Waals surface area contributed by atoms with Gasteiger partial charge in [0.15, 0.2) is 0 Å². The Balaban J connectivity index is 1.43. The number of nitrogens with zero attached hydrogens (tertiary/aromatic N) is 2. The van der Waals surface area contributed by atoms with Crippen molar-refractivity contribution < 1.29 is 4.79 Å². The zero-order chi connectivity index (χ0) is 13.2. The van der Waals surface area contributed by atoms with E-state index in [0.29, 0.717) is 12.5 Å². The van der Waals surface area contributed by atoms with Gasteiger partial charge in [-0.25, -0.2) is 0 Å². The van der Waals surface area contributed by atoms with Gasteiger partial charge in [0.2, 0.25) is 5.91 Å². The van der Waals surface area contributed by atoms with Gasteiger partial charge in [0.1, 0.15) is 0 Å². The van der Waals surface area contributed by atoms with Crippen LogP contribution in [0.15, 0.2) is 0 Å². The van der Waals surface area contributed by atoms with Gasteiger partial charge in [-0.1, -0.05) is 6.42 Å². The number of amides is 1. The summed E-state index contributed by atoms with van der Waals surface area (Å²) in [7, 11) is 2.12. The fraction of sp³-hybridized carbons (Fsp3) is 0.933. The summed E-state index contributed by atoms with van der Waals surface area (Å²) in [5.41, 5.74) is 0. The van der Waals surface area contributed by atoms with Crippen LogP contribution in [0.5, 0.6) is 0 Å². The lowest BCUT2D eigenvalue weighted by Gasteiger charge is -2.31. The van der Waals surface area contributed by atoms with Gasteiger partial charge in [0.25, 0.3) is 0 Å². The summed E-state index contributed by atoms with van der Waals surface area (Å²) < 4.78 is 0. The fourth-order valence-electron chi connectivity index (χ4n) is 4.31. The van der Waals surface area contributed by atoms with Crippen LogP contribution in [0.4, 0.5) is 0 Å². The van der Waals surface area contributed by atoms with Crippen molar-refractivity contribution in [1.29, 1.82) is 0 Å². The molecule has 2 aliphatic carbocycles. The number of carbonyl (C=O) groups excluding carboxylic acids is 1. The SMILES string of the molecule is CN(CC(=O)N1CCNCC1)CC1CC2CCC1C2. The Morgan fingerprint density at radius 1 is 1.26 bits per heavy atom. The summed E-state index contributed by atoms with van der Waals surface area (Å²) in [4.78, 5) is 16.5. The molecule has 19 heavy (non-hydrogen) atoms. The van der Waals surface area contributed by atoms with Crippen LogP contribution in [0.1, 0.15) is 25.7 Å². The van der Waals surface area contributed by atoms with Crippen molar-refractivity contribution >= 4 is 5.91 Å². The first-order valence-corrected chi connectivity index (χ1v) is 7.89. The van der Waals surface area contributed by atoms with E-state index in [1.54, 1.807) is 0 Å². The average Bonchev–Trinajstić information content (AvgIpc) is 3.02. The zero-order valence-electron chi connectivity index (χ0n) is 12.1. The van der Waals surface area contributed by atoms with Gasteiger partial charge >= 0.3 is 0 Å². The fourth-order valence-corrected chi connectivity index (χ4v) is 4.31. The third-order valence-corrected chi connectivity index (χ3v) is 5.31. The minimum atomic E-state index is 0.312. The molecule has 4 nitrogen and oxygen atoms in total. The number of hydrogen-bond donors (Lipinski definition) is 1. The first-order chi connectivity index (χ1) is 9.22. The van der Waals surface area contributed by atoms with Gasteiger partial charge in [-0.3, -0.25) is 9.69 Å². The minimum absolute atomic E-state index is 0.312. The zero-order valence-corrected chi connectivity index (χ0v) is 12.1. The Hall–Kier alpha value is -0.610. The largest absolute Gasteiger partial charge is 0.339 e.